The van der Waals surface area contributed by atoms with Crippen molar-refractivity contribution in [3.63, 3.8) is 0 Å². The lowest BCUT2D eigenvalue weighted by Crippen LogP contribution is -2.15. The van der Waals surface area contributed by atoms with Crippen LogP contribution in [0.25, 0.3) is 211 Å². The van der Waals surface area contributed by atoms with Crippen LogP contribution >= 0.6 is 0 Å². The lowest BCUT2D eigenvalue weighted by molar-refractivity contribution is 0.660. The van der Waals surface area contributed by atoms with Crippen molar-refractivity contribution in [3.8, 4) is 136 Å². The molecule has 0 amide bonds. The van der Waals surface area contributed by atoms with Gasteiger partial charge in [0.25, 0.3) is 0 Å². The molecule has 3 aromatic heterocycles. The lowest BCUT2D eigenvalue weighted by Gasteiger charge is -2.22. The minimum atomic E-state index is -0.153. The van der Waals surface area contributed by atoms with E-state index in [4.69, 9.17) is 44.9 Å². The Bertz CT molecular complexity index is 7990. The van der Waals surface area contributed by atoms with Crippen molar-refractivity contribution in [1.82, 2.24) is 44.9 Å². The fourth-order valence-electron chi connectivity index (χ4n) is 19.5. The summed E-state index contributed by atoms with van der Waals surface area (Å²) in [7, 11) is 0. The molecule has 0 radical (unpaired) electrons. The summed E-state index contributed by atoms with van der Waals surface area (Å²) >= 11 is 0. The van der Waals surface area contributed by atoms with Crippen molar-refractivity contribution in [2.45, 2.75) is 57.8 Å². The van der Waals surface area contributed by atoms with Crippen LogP contribution in [0.4, 0.5) is 0 Å². The second-order valence-electron chi connectivity index (χ2n) is 35.3. The maximum absolute atomic E-state index is 5.11. The SMILES string of the molecule is CC1(C)c2cc(-c3nc(-c4ccc5ccccc5c4)nc(-c4ccc5ccccc5c4)n3)ccc2-c2cc3ccccc3cc21.CC1(C)c2ccccc2-c2cc(-c3nc(-c4ccc5ccccc5c4)nc(-c4ccc5ccccc5c4)n3)ccc21.CC1(C)c2ccccc2-c2ccc(-c3nc(-c4ccc5ccccc5c4)nc(-c4ccc5ccccc5c4)n3)cc21. The molecule has 0 aliphatic heterocycles. The van der Waals surface area contributed by atoms with E-state index in [1.54, 1.807) is 0 Å². The first-order valence-electron chi connectivity index (χ1n) is 43.5. The first-order chi connectivity index (χ1) is 62.1. The molecule has 0 saturated heterocycles. The molecule has 0 bridgehead atoms. The van der Waals surface area contributed by atoms with E-state index in [-0.39, 0.29) is 16.2 Å². The monoisotopic (exact) mass is 1630 g/mol. The van der Waals surface area contributed by atoms with Crippen LogP contribution in [0.1, 0.15) is 74.9 Å². The van der Waals surface area contributed by atoms with Crippen molar-refractivity contribution >= 4 is 75.4 Å². The van der Waals surface area contributed by atoms with Crippen molar-refractivity contribution in [3.05, 3.63) is 428 Å². The molecule has 127 heavy (non-hydrogen) atoms. The summed E-state index contributed by atoms with van der Waals surface area (Å²) in [5, 5.41) is 16.7. The Morgan fingerprint density at radius 1 is 0.126 bits per heavy atom. The minimum Gasteiger partial charge on any atom is -0.208 e. The Hall–Kier alpha value is -16.0. The van der Waals surface area contributed by atoms with Gasteiger partial charge in [0.05, 0.1) is 0 Å². The van der Waals surface area contributed by atoms with Crippen molar-refractivity contribution in [1.29, 1.82) is 0 Å². The van der Waals surface area contributed by atoms with Crippen LogP contribution in [0.2, 0.25) is 0 Å². The Morgan fingerprint density at radius 2 is 0.307 bits per heavy atom. The zero-order chi connectivity index (χ0) is 85.2. The lowest BCUT2D eigenvalue weighted by atomic mass is 9.81. The Kier molecular flexibility index (Phi) is 18.1. The summed E-state index contributed by atoms with van der Waals surface area (Å²) in [5.74, 6) is 6.06. The van der Waals surface area contributed by atoms with Crippen molar-refractivity contribution in [2.75, 3.05) is 0 Å². The molecule has 22 aromatic rings. The van der Waals surface area contributed by atoms with E-state index in [1.165, 1.54) is 110 Å². The summed E-state index contributed by atoms with van der Waals surface area (Å²) in [6, 6.07) is 140. The molecule has 3 heterocycles. The molecule has 3 aliphatic rings. The standard InChI is InChI=1S/C42H29N3.2C38H27N3/c1-42(2)37-25-34(19-20-35(37)36-23-30-13-7-8-14-31(30)24-38(36)42)41-44-39(32-17-15-26-9-3-5-11-28(26)21-32)43-40(45-41)33-18-16-27-10-4-6-12-29(27)22-33;1-38(2)33-14-8-7-13-31(33)32-23-30(19-20-34(32)38)37-40-35(28-17-15-24-9-3-5-11-26(24)21-28)39-36(41-37)29-18-16-25-10-4-6-12-27(25)22-29;1-38(2)33-14-8-7-13-31(33)32-20-19-30(23-34(32)38)37-40-35(28-17-15-24-9-3-5-11-26(24)21-28)39-36(41-37)29-18-16-25-10-4-6-12-27(25)22-29/h3-25H,1-2H3;2*3-23H,1-2H3. The third-order valence-corrected chi connectivity index (χ3v) is 26.4. The smallest absolute Gasteiger partial charge is 0.164 e. The average Bonchev–Trinajstić information content (AvgIpc) is 1.58. The largest absolute Gasteiger partial charge is 0.208 e. The molecule has 19 aromatic carbocycles. The van der Waals surface area contributed by atoms with Gasteiger partial charge in [-0.3, -0.25) is 0 Å². The normalized spacial score (nSPS) is 13.3. The molecule has 0 spiro atoms. The number of hydrogen-bond donors (Lipinski definition) is 0. The quantitative estimate of drug-likeness (QED) is 0.139. The summed E-state index contributed by atoms with van der Waals surface area (Å²) in [6.45, 7) is 13.9. The predicted molar refractivity (Wildman–Crippen MR) is 524 cm³/mol. The van der Waals surface area contributed by atoms with E-state index in [2.05, 4.69) is 436 Å². The second-order valence-corrected chi connectivity index (χ2v) is 35.3. The molecule has 3 aliphatic carbocycles. The summed E-state index contributed by atoms with van der Waals surface area (Å²) in [5.41, 5.74) is 24.3. The fraction of sp³-hybridized carbons (Fsp3) is 0.0763. The first-order valence-corrected chi connectivity index (χ1v) is 43.5. The molecular formula is C118H83N9. The molecule has 25 rings (SSSR count). The van der Waals surface area contributed by atoms with E-state index in [9.17, 15) is 0 Å². The zero-order valence-corrected chi connectivity index (χ0v) is 71.1. The Morgan fingerprint density at radius 3 is 0.622 bits per heavy atom. The first kappa shape index (κ1) is 76.0. The van der Waals surface area contributed by atoms with Crippen LogP contribution in [-0.4, -0.2) is 44.9 Å². The van der Waals surface area contributed by atoms with Gasteiger partial charge < -0.3 is 0 Å². The molecule has 600 valence electrons. The highest BCUT2D eigenvalue weighted by Gasteiger charge is 2.39. The van der Waals surface area contributed by atoms with E-state index in [1.807, 2.05) is 0 Å². The predicted octanol–water partition coefficient (Wildman–Crippen LogP) is 29.6. The molecule has 9 heteroatoms. The van der Waals surface area contributed by atoms with E-state index < -0.39 is 0 Å². The molecule has 0 atom stereocenters. The van der Waals surface area contributed by atoms with E-state index >= 15 is 0 Å². The summed E-state index contributed by atoms with van der Waals surface area (Å²) < 4.78 is 0. The van der Waals surface area contributed by atoms with Gasteiger partial charge in [0.2, 0.25) is 0 Å². The van der Waals surface area contributed by atoms with Crippen LogP contribution in [0.15, 0.2) is 394 Å². The Balaban J connectivity index is 0.000000109. The number of fused-ring (bicyclic) bond motifs is 16. The zero-order valence-electron chi connectivity index (χ0n) is 71.1. The third kappa shape index (κ3) is 13.5. The molecule has 0 N–H and O–H groups in total. The van der Waals surface area contributed by atoms with Gasteiger partial charge >= 0.3 is 0 Å². The van der Waals surface area contributed by atoms with Gasteiger partial charge in [-0.1, -0.05) is 369 Å². The van der Waals surface area contributed by atoms with Crippen molar-refractivity contribution in [2.24, 2.45) is 0 Å². The molecule has 0 saturated carbocycles. The number of rotatable bonds is 9. The topological polar surface area (TPSA) is 116 Å². The minimum absolute atomic E-state index is 0.0456. The number of hydrogen-bond acceptors (Lipinski definition) is 9. The van der Waals surface area contributed by atoms with Crippen molar-refractivity contribution < 1.29 is 0 Å². The highest BCUT2D eigenvalue weighted by molar-refractivity contribution is 5.97. The Labute approximate surface area is 736 Å². The maximum atomic E-state index is 5.11. The molecule has 9 nitrogen and oxygen atoms in total. The van der Waals surface area contributed by atoms with Gasteiger partial charge in [-0.15, -0.1) is 0 Å². The molecule has 0 fully saturated rings. The third-order valence-electron chi connectivity index (χ3n) is 26.4. The van der Waals surface area contributed by atoms with Gasteiger partial charge in [-0.25, -0.2) is 44.9 Å². The maximum Gasteiger partial charge on any atom is 0.164 e. The van der Waals surface area contributed by atoms with Gasteiger partial charge in [-0.2, -0.15) is 0 Å². The molecular weight excluding hydrogens is 1540 g/mol. The van der Waals surface area contributed by atoms with Crippen LogP contribution in [0, 0.1) is 0 Å². The van der Waals surface area contributed by atoms with Crippen LogP contribution in [-0.2, 0) is 16.2 Å². The van der Waals surface area contributed by atoms with Crippen LogP contribution in [0.3, 0.4) is 0 Å². The molecule has 0 unspecified atom stereocenters. The summed E-state index contributed by atoms with van der Waals surface area (Å²) in [4.78, 5) is 45.6. The van der Waals surface area contributed by atoms with Crippen LogP contribution < -0.4 is 0 Å². The number of aromatic nitrogens is 9. The average molecular weight is 1630 g/mol. The van der Waals surface area contributed by atoms with Crippen LogP contribution in [0.5, 0.6) is 0 Å². The second kappa shape index (κ2) is 30.2. The van der Waals surface area contributed by atoms with Gasteiger partial charge in [0, 0.05) is 66.3 Å². The number of benzene rings is 19. The van der Waals surface area contributed by atoms with E-state index in [0.717, 1.165) is 82.4 Å². The van der Waals surface area contributed by atoms with Gasteiger partial charge in [0.15, 0.2) is 52.4 Å². The number of nitrogens with zero attached hydrogens (tertiary/aromatic N) is 9. The van der Waals surface area contributed by atoms with E-state index in [0.29, 0.717) is 52.4 Å². The fourth-order valence-corrected chi connectivity index (χ4v) is 19.5. The van der Waals surface area contributed by atoms with Gasteiger partial charge in [-0.05, 0) is 209 Å². The highest BCUT2D eigenvalue weighted by Crippen LogP contribution is 2.54. The highest BCUT2D eigenvalue weighted by atomic mass is 15.1. The van der Waals surface area contributed by atoms with Gasteiger partial charge in [0.1, 0.15) is 0 Å². The summed E-state index contributed by atoms with van der Waals surface area (Å²) in [6.07, 6.45) is 0.